The van der Waals surface area contributed by atoms with Gasteiger partial charge < -0.3 is 0 Å². The van der Waals surface area contributed by atoms with Gasteiger partial charge in [-0.3, -0.25) is 0 Å². The Hall–Kier alpha value is -0.0305. The molecule has 1 atom stereocenters. The third kappa shape index (κ3) is 6.43. The van der Waals surface area contributed by atoms with E-state index in [1.54, 1.807) is 11.8 Å². The quantitative estimate of drug-likeness (QED) is 0.528. The maximum absolute atomic E-state index is 11.2. The summed E-state index contributed by atoms with van der Waals surface area (Å²) in [6, 6.07) is -0.337. The molecule has 0 aromatic carbocycles. The van der Waals surface area contributed by atoms with Crippen molar-refractivity contribution in [3.05, 3.63) is 0 Å². The number of nitrogens with one attached hydrogen (secondary N) is 1. The first kappa shape index (κ1) is 14.0. The van der Waals surface area contributed by atoms with E-state index in [1.165, 1.54) is 14.0 Å². The van der Waals surface area contributed by atoms with Gasteiger partial charge in [0.1, 0.15) is 0 Å². The average Bonchev–Trinajstić information content (AvgIpc) is 2.16. The number of rotatable bonds is 7. The molecule has 0 radical (unpaired) electrons. The van der Waals surface area contributed by atoms with Crippen LogP contribution in [0.2, 0.25) is 0 Å². The maximum atomic E-state index is 11.2. The van der Waals surface area contributed by atoms with Crippen LogP contribution < -0.4 is 4.33 Å². The van der Waals surface area contributed by atoms with Crippen LogP contribution in [-0.4, -0.2) is 51.0 Å². The van der Waals surface area contributed by atoms with Gasteiger partial charge in [0.15, 0.2) is 0 Å². The van der Waals surface area contributed by atoms with E-state index < -0.39 is 0 Å². The fourth-order valence-electron chi connectivity index (χ4n) is 0.757. The van der Waals surface area contributed by atoms with Gasteiger partial charge in [0, 0.05) is 0 Å². The van der Waals surface area contributed by atoms with Crippen molar-refractivity contribution in [1.29, 1.82) is 0 Å². The Kier molecular flexibility index (Phi) is 8.27. The number of carbonyl (C=O) groups is 2. The molecule has 0 saturated heterocycles. The molecule has 0 saturated carbocycles. The van der Waals surface area contributed by atoms with E-state index in [2.05, 4.69) is 9.07 Å². The fraction of sp³-hybridized carbons (Fsp3) is 0.750. The monoisotopic (exact) mass is 285 g/mol. The van der Waals surface area contributed by atoms with Gasteiger partial charge in [-0.1, -0.05) is 0 Å². The molecule has 1 N–H and O–H groups in total. The summed E-state index contributed by atoms with van der Waals surface area (Å²) >= 11 is 1.34. The summed E-state index contributed by atoms with van der Waals surface area (Å²) in [5.41, 5.74) is 0. The van der Waals surface area contributed by atoms with Crippen LogP contribution in [0.15, 0.2) is 0 Å². The van der Waals surface area contributed by atoms with Gasteiger partial charge in [0.05, 0.1) is 0 Å². The SMILES string of the molecule is COC(=O)C(CCSC)N[Se]C(C)=O. The molecule has 0 aliphatic heterocycles. The zero-order valence-corrected chi connectivity index (χ0v) is 11.1. The summed E-state index contributed by atoms with van der Waals surface area (Å²) in [4.78, 5) is 22.0. The summed E-state index contributed by atoms with van der Waals surface area (Å²) in [5.74, 6) is 0.586. The summed E-state index contributed by atoms with van der Waals surface area (Å²) in [5, 5.41) is 0. The Balaban J connectivity index is 3.96. The molecule has 0 aromatic rings. The van der Waals surface area contributed by atoms with Gasteiger partial charge in [0.25, 0.3) is 0 Å². The summed E-state index contributed by atoms with van der Waals surface area (Å²) in [6.45, 7) is 1.51. The third-order valence-electron chi connectivity index (χ3n) is 1.44. The molecule has 0 fully saturated rings. The molecular weight excluding hydrogens is 269 g/mol. The first-order valence-electron chi connectivity index (χ1n) is 4.11. The summed E-state index contributed by atoms with van der Waals surface area (Å²) in [7, 11) is 1.36. The Morgan fingerprint density at radius 2 is 2.21 bits per heavy atom. The molecule has 0 bridgehead atoms. The van der Waals surface area contributed by atoms with Crippen LogP contribution in [0.1, 0.15) is 13.3 Å². The zero-order valence-electron chi connectivity index (χ0n) is 8.53. The third-order valence-corrected chi connectivity index (χ3v) is 3.53. The zero-order chi connectivity index (χ0) is 11.0. The molecule has 82 valence electrons. The van der Waals surface area contributed by atoms with Crippen LogP contribution in [0.5, 0.6) is 0 Å². The molecule has 0 aliphatic rings. The van der Waals surface area contributed by atoms with E-state index >= 15 is 0 Å². The van der Waals surface area contributed by atoms with Crippen molar-refractivity contribution in [2.75, 3.05) is 19.1 Å². The van der Waals surface area contributed by atoms with Crippen LogP contribution in [0, 0.1) is 0 Å². The van der Waals surface area contributed by atoms with Crippen LogP contribution in [-0.2, 0) is 14.3 Å². The molecule has 6 heteroatoms. The van der Waals surface area contributed by atoms with Crippen LogP contribution in [0.3, 0.4) is 0 Å². The number of carbonyl (C=O) groups excluding carboxylic acids is 2. The molecule has 0 amide bonds. The van der Waals surface area contributed by atoms with Crippen molar-refractivity contribution >= 4 is 37.6 Å². The van der Waals surface area contributed by atoms with Gasteiger partial charge in [-0.15, -0.1) is 0 Å². The van der Waals surface area contributed by atoms with Crippen LogP contribution in [0.25, 0.3) is 0 Å². The average molecular weight is 284 g/mol. The Morgan fingerprint density at radius 1 is 1.57 bits per heavy atom. The minimum atomic E-state index is -0.337. The van der Waals surface area contributed by atoms with Gasteiger partial charge >= 0.3 is 94.8 Å². The molecule has 0 spiro atoms. The number of thioether (sulfide) groups is 1. The van der Waals surface area contributed by atoms with Crippen molar-refractivity contribution < 1.29 is 14.3 Å². The predicted molar refractivity (Wildman–Crippen MR) is 58.4 cm³/mol. The van der Waals surface area contributed by atoms with E-state index in [-0.39, 0.29) is 31.9 Å². The molecule has 0 rings (SSSR count). The first-order chi connectivity index (χ1) is 6.61. The van der Waals surface area contributed by atoms with Crippen LogP contribution >= 0.6 is 11.8 Å². The van der Waals surface area contributed by atoms with E-state index in [9.17, 15) is 9.59 Å². The molecule has 14 heavy (non-hydrogen) atoms. The number of methoxy groups -OCH3 is 1. The molecule has 0 heterocycles. The van der Waals surface area contributed by atoms with Crippen molar-refractivity contribution in [2.45, 2.75) is 19.4 Å². The normalized spacial score (nSPS) is 12.2. The second-order valence-electron chi connectivity index (χ2n) is 2.57. The first-order valence-corrected chi connectivity index (χ1v) is 7.22. The Morgan fingerprint density at radius 3 is 2.64 bits per heavy atom. The van der Waals surface area contributed by atoms with Gasteiger partial charge in [0.2, 0.25) is 0 Å². The second-order valence-corrected chi connectivity index (χ2v) is 5.68. The van der Waals surface area contributed by atoms with Crippen molar-refractivity contribution in [3.8, 4) is 0 Å². The number of hydrogen-bond donors (Lipinski definition) is 1. The molecule has 4 nitrogen and oxygen atoms in total. The molecule has 0 aromatic heterocycles. The minimum absolute atomic E-state index is 0.0792. The molecule has 0 aliphatic carbocycles. The Bertz CT molecular complexity index is 201. The van der Waals surface area contributed by atoms with E-state index in [4.69, 9.17) is 0 Å². The number of hydrogen-bond acceptors (Lipinski definition) is 5. The van der Waals surface area contributed by atoms with Crippen molar-refractivity contribution in [1.82, 2.24) is 4.33 Å². The van der Waals surface area contributed by atoms with Gasteiger partial charge in [-0.2, -0.15) is 0 Å². The van der Waals surface area contributed by atoms with Gasteiger partial charge in [-0.25, -0.2) is 0 Å². The van der Waals surface area contributed by atoms with Crippen LogP contribution in [0.4, 0.5) is 0 Å². The summed E-state index contributed by atoms with van der Waals surface area (Å²) in [6.07, 6.45) is 2.67. The Labute approximate surface area is 94.9 Å². The number of ether oxygens (including phenoxy) is 1. The van der Waals surface area contributed by atoms with E-state index in [0.29, 0.717) is 6.42 Å². The molecule has 1 unspecified atom stereocenters. The second kappa shape index (κ2) is 8.29. The standard InChI is InChI=1S/C8H15NO3SSe/c1-6(10)14-9-7(4-5-13-3)8(11)12-2/h7,9H,4-5H2,1-3H3. The topological polar surface area (TPSA) is 55.4 Å². The predicted octanol–water partition coefficient (Wildman–Crippen LogP) is 0.0364. The van der Waals surface area contributed by atoms with E-state index in [1.807, 2.05) is 6.26 Å². The van der Waals surface area contributed by atoms with Crippen molar-refractivity contribution in [2.24, 2.45) is 0 Å². The molecular formula is C8H15NO3SSe. The number of esters is 1. The van der Waals surface area contributed by atoms with E-state index in [0.717, 1.165) is 5.75 Å². The summed E-state index contributed by atoms with van der Waals surface area (Å²) < 4.78 is 7.64. The van der Waals surface area contributed by atoms with Crippen molar-refractivity contribution in [3.63, 3.8) is 0 Å². The van der Waals surface area contributed by atoms with Gasteiger partial charge in [-0.05, 0) is 0 Å². The fourth-order valence-corrected chi connectivity index (χ4v) is 2.32.